The molecule has 0 bridgehead atoms. The predicted molar refractivity (Wildman–Crippen MR) is 101 cm³/mol. The summed E-state index contributed by atoms with van der Waals surface area (Å²) in [6.45, 7) is 4.07. The van der Waals surface area contributed by atoms with E-state index >= 15 is 0 Å². The Morgan fingerprint density at radius 2 is 2.12 bits per heavy atom. The molecule has 0 radical (unpaired) electrons. The van der Waals surface area contributed by atoms with Crippen molar-refractivity contribution in [2.45, 2.75) is 13.8 Å². The number of hydrogen-bond donors (Lipinski definition) is 0. The minimum absolute atomic E-state index is 0.286. The van der Waals surface area contributed by atoms with E-state index in [0.717, 1.165) is 16.5 Å². The van der Waals surface area contributed by atoms with Crippen molar-refractivity contribution < 1.29 is 9.53 Å². The van der Waals surface area contributed by atoms with Gasteiger partial charge in [0.2, 0.25) is 0 Å². The van der Waals surface area contributed by atoms with Crippen molar-refractivity contribution in [1.82, 2.24) is 19.7 Å². The second-order valence-electron chi connectivity index (χ2n) is 6.04. The molecule has 0 atom stereocenters. The van der Waals surface area contributed by atoms with Gasteiger partial charge in [-0.25, -0.2) is 14.8 Å². The number of fused-ring (bicyclic) bond motifs is 1. The summed E-state index contributed by atoms with van der Waals surface area (Å²) in [5.74, 6) is 0.532. The molecule has 0 saturated carbocycles. The molecule has 7 nitrogen and oxygen atoms in total. The molecule has 0 fully saturated rings. The first-order valence-electron chi connectivity index (χ1n) is 8.33. The smallest absolute Gasteiger partial charge is 0.343 e. The van der Waals surface area contributed by atoms with Crippen LogP contribution in [0.5, 0.6) is 0 Å². The lowest BCUT2D eigenvalue weighted by atomic mass is 10.1. The van der Waals surface area contributed by atoms with Gasteiger partial charge in [0.05, 0.1) is 24.7 Å². The summed E-state index contributed by atoms with van der Waals surface area (Å²) in [6.07, 6.45) is 3.08. The van der Waals surface area contributed by atoms with Crippen LogP contribution < -0.4 is 0 Å². The minimum Gasteiger partial charge on any atom is -0.462 e. The first kappa shape index (κ1) is 17.6. The molecule has 2 heterocycles. The first-order chi connectivity index (χ1) is 12.5. The fraction of sp³-hybridized carbons (Fsp3) is 0.263. The third kappa shape index (κ3) is 3.42. The van der Waals surface area contributed by atoms with Crippen LogP contribution in [0.3, 0.4) is 0 Å². The monoisotopic (exact) mass is 351 g/mol. The molecule has 0 unspecified atom stereocenters. The summed E-state index contributed by atoms with van der Waals surface area (Å²) < 4.78 is 6.68. The van der Waals surface area contributed by atoms with Crippen LogP contribution in [0, 0.1) is 6.92 Å². The van der Waals surface area contributed by atoms with Crippen molar-refractivity contribution in [2.75, 3.05) is 20.7 Å². The van der Waals surface area contributed by atoms with Crippen LogP contribution in [-0.2, 0) is 4.74 Å². The molecule has 0 spiro atoms. The van der Waals surface area contributed by atoms with E-state index < -0.39 is 5.97 Å². The molecular weight excluding hydrogens is 330 g/mol. The zero-order chi connectivity index (χ0) is 18.7. The Balaban J connectivity index is 2.17. The van der Waals surface area contributed by atoms with Crippen LogP contribution in [0.4, 0.5) is 5.82 Å². The average Bonchev–Trinajstić information content (AvgIpc) is 3.04. The standard InChI is InChI=1S/C19H21N5O2/c1-5-26-19(25)15-11-21-24(18(15)20-12-23(3)4)17-10-13(2)14-8-6-7-9-16(14)22-17/h6-12H,5H2,1-4H3. The van der Waals surface area contributed by atoms with Gasteiger partial charge >= 0.3 is 5.97 Å². The van der Waals surface area contributed by atoms with Crippen LogP contribution in [0.25, 0.3) is 16.7 Å². The molecule has 0 N–H and O–H groups in total. The Bertz CT molecular complexity index is 975. The lowest BCUT2D eigenvalue weighted by Crippen LogP contribution is -2.09. The number of para-hydroxylation sites is 1. The summed E-state index contributed by atoms with van der Waals surface area (Å²) in [5, 5.41) is 5.41. The van der Waals surface area contributed by atoms with Gasteiger partial charge in [0, 0.05) is 19.5 Å². The molecular formula is C19H21N5O2. The van der Waals surface area contributed by atoms with Crippen molar-refractivity contribution in [1.29, 1.82) is 0 Å². The number of carbonyl (C=O) groups excluding carboxylic acids is 1. The zero-order valence-corrected chi connectivity index (χ0v) is 15.3. The van der Waals surface area contributed by atoms with Crippen LogP contribution >= 0.6 is 0 Å². The highest BCUT2D eigenvalue weighted by atomic mass is 16.5. The average molecular weight is 351 g/mol. The van der Waals surface area contributed by atoms with E-state index in [4.69, 9.17) is 4.74 Å². The SMILES string of the molecule is CCOC(=O)c1cnn(-c2cc(C)c3ccccc3n2)c1N=CN(C)C. The Hall–Kier alpha value is -3.22. The normalized spacial score (nSPS) is 11.2. The topological polar surface area (TPSA) is 72.6 Å². The van der Waals surface area contributed by atoms with Gasteiger partial charge in [-0.15, -0.1) is 0 Å². The maximum Gasteiger partial charge on any atom is 0.343 e. The van der Waals surface area contributed by atoms with Crippen molar-refractivity contribution in [2.24, 2.45) is 4.99 Å². The number of esters is 1. The van der Waals surface area contributed by atoms with Crippen molar-refractivity contribution in [3.63, 3.8) is 0 Å². The van der Waals surface area contributed by atoms with Gasteiger partial charge in [-0.3, -0.25) is 0 Å². The first-order valence-corrected chi connectivity index (χ1v) is 8.33. The van der Waals surface area contributed by atoms with Gasteiger partial charge in [0.25, 0.3) is 0 Å². The Morgan fingerprint density at radius 3 is 2.85 bits per heavy atom. The van der Waals surface area contributed by atoms with E-state index in [1.807, 2.05) is 51.4 Å². The number of aliphatic imine (C=N–C) groups is 1. The van der Waals surface area contributed by atoms with Crippen LogP contribution in [-0.4, -0.2) is 52.7 Å². The number of ether oxygens (including phenoxy) is 1. The maximum absolute atomic E-state index is 12.3. The van der Waals surface area contributed by atoms with Crippen LogP contribution in [0.15, 0.2) is 41.5 Å². The second-order valence-corrected chi connectivity index (χ2v) is 6.04. The Labute approximate surface area is 151 Å². The molecule has 7 heteroatoms. The Kier molecular flexibility index (Phi) is 4.97. The number of hydrogen-bond acceptors (Lipinski definition) is 5. The van der Waals surface area contributed by atoms with E-state index in [2.05, 4.69) is 15.1 Å². The lowest BCUT2D eigenvalue weighted by Gasteiger charge is -2.09. The molecule has 26 heavy (non-hydrogen) atoms. The van der Waals surface area contributed by atoms with Gasteiger partial charge in [-0.05, 0) is 31.5 Å². The van der Waals surface area contributed by atoms with Gasteiger partial charge in [-0.2, -0.15) is 9.78 Å². The molecule has 1 aromatic carbocycles. The van der Waals surface area contributed by atoms with Gasteiger partial charge in [0.1, 0.15) is 5.56 Å². The molecule has 0 aliphatic heterocycles. The van der Waals surface area contributed by atoms with Crippen LogP contribution in [0.1, 0.15) is 22.8 Å². The zero-order valence-electron chi connectivity index (χ0n) is 15.3. The third-order valence-electron chi connectivity index (χ3n) is 3.78. The number of aromatic nitrogens is 3. The van der Waals surface area contributed by atoms with Gasteiger partial charge < -0.3 is 9.64 Å². The maximum atomic E-state index is 12.3. The second kappa shape index (κ2) is 7.35. The van der Waals surface area contributed by atoms with E-state index in [0.29, 0.717) is 17.2 Å². The predicted octanol–water partition coefficient (Wildman–Crippen LogP) is 3.13. The highest BCUT2D eigenvalue weighted by Crippen LogP contribution is 2.26. The summed E-state index contributed by atoms with van der Waals surface area (Å²) in [5.41, 5.74) is 2.23. The number of rotatable bonds is 5. The quantitative estimate of drug-likeness (QED) is 0.401. The van der Waals surface area contributed by atoms with Gasteiger partial charge in [-0.1, -0.05) is 18.2 Å². The largest absolute Gasteiger partial charge is 0.462 e. The number of pyridine rings is 1. The molecule has 3 aromatic rings. The molecule has 2 aromatic heterocycles. The van der Waals surface area contributed by atoms with Crippen molar-refractivity contribution in [3.05, 3.63) is 47.7 Å². The molecule has 134 valence electrons. The van der Waals surface area contributed by atoms with Gasteiger partial charge in [0.15, 0.2) is 11.6 Å². The fourth-order valence-corrected chi connectivity index (χ4v) is 2.60. The fourth-order valence-electron chi connectivity index (χ4n) is 2.60. The molecule has 3 rings (SSSR count). The van der Waals surface area contributed by atoms with E-state index in [-0.39, 0.29) is 6.61 Å². The summed E-state index contributed by atoms with van der Waals surface area (Å²) >= 11 is 0. The van der Waals surface area contributed by atoms with E-state index in [9.17, 15) is 4.79 Å². The van der Waals surface area contributed by atoms with Crippen molar-refractivity contribution >= 4 is 29.0 Å². The third-order valence-corrected chi connectivity index (χ3v) is 3.78. The summed E-state index contributed by atoms with van der Waals surface area (Å²) in [6, 6.07) is 9.83. The highest BCUT2D eigenvalue weighted by molar-refractivity contribution is 5.94. The molecule has 0 amide bonds. The number of nitrogens with zero attached hydrogens (tertiary/aromatic N) is 5. The number of aryl methyl sites for hydroxylation is 1. The number of carbonyl (C=O) groups is 1. The molecule has 0 saturated heterocycles. The summed E-state index contributed by atoms with van der Waals surface area (Å²) in [7, 11) is 3.71. The lowest BCUT2D eigenvalue weighted by molar-refractivity contribution is 0.0527. The van der Waals surface area contributed by atoms with Crippen LogP contribution in [0.2, 0.25) is 0 Å². The van der Waals surface area contributed by atoms with Crippen molar-refractivity contribution in [3.8, 4) is 5.82 Å². The minimum atomic E-state index is -0.456. The highest BCUT2D eigenvalue weighted by Gasteiger charge is 2.20. The molecule has 0 aliphatic carbocycles. The molecule has 0 aliphatic rings. The Morgan fingerprint density at radius 1 is 1.35 bits per heavy atom. The summed E-state index contributed by atoms with van der Waals surface area (Å²) in [4.78, 5) is 23.1. The van der Waals surface area contributed by atoms with E-state index in [1.165, 1.54) is 6.20 Å². The van der Waals surface area contributed by atoms with E-state index in [1.54, 1.807) is 22.8 Å². The number of benzene rings is 1.